The Morgan fingerprint density at radius 2 is 1.76 bits per heavy atom. The summed E-state index contributed by atoms with van der Waals surface area (Å²) in [6.07, 6.45) is 0. The smallest absolute Gasteiger partial charge is 0.269 e. The summed E-state index contributed by atoms with van der Waals surface area (Å²) in [7, 11) is 0. The molecule has 0 aliphatic rings. The van der Waals surface area contributed by atoms with Gasteiger partial charge in [0.1, 0.15) is 5.75 Å². The predicted molar refractivity (Wildman–Crippen MR) is 72.7 cm³/mol. The van der Waals surface area contributed by atoms with Crippen LogP contribution >= 0.6 is 0 Å². The first-order chi connectivity index (χ1) is 9.06. The van der Waals surface area contributed by atoms with Gasteiger partial charge in [0.2, 0.25) is 0 Å². The second kappa shape index (κ2) is 10.2. The second-order valence-corrected chi connectivity index (χ2v) is 4.21. The number of non-ortho nitro benzene ring substituents is 1. The molecular weight excluding hydrogens is 698 g/mol. The number of aromatic hydroxyl groups is 1. The van der Waals surface area contributed by atoms with Crippen molar-refractivity contribution in [1.29, 1.82) is 0 Å². The minimum Gasteiger partial charge on any atom is -0.681 e. The number of hydrogen-bond acceptors (Lipinski definition) is 3. The molecule has 2 radical (unpaired) electrons. The van der Waals surface area contributed by atoms with E-state index in [2.05, 4.69) is 5.32 Å². The van der Waals surface area contributed by atoms with Crippen LogP contribution in [0.2, 0.25) is 0 Å². The van der Waals surface area contributed by atoms with Crippen LogP contribution in [-0.4, -0.2) is 10.0 Å². The molecule has 0 spiro atoms. The minimum absolute atomic E-state index is 0. The van der Waals surface area contributed by atoms with Crippen LogP contribution < -0.4 is 0 Å². The first kappa shape index (κ1) is 21.3. The first-order valence-electron chi connectivity index (χ1n) is 5.77. The van der Waals surface area contributed by atoms with Crippen molar-refractivity contribution >= 4 is 11.4 Å². The molecule has 7 heteroatoms. The third-order valence-electron chi connectivity index (χ3n) is 2.77. The van der Waals surface area contributed by atoms with Gasteiger partial charge < -0.3 is 10.4 Å². The van der Waals surface area contributed by atoms with Crippen molar-refractivity contribution in [2.45, 2.75) is 13.5 Å². The summed E-state index contributed by atoms with van der Waals surface area (Å²) in [6.45, 7) is 2.25. The van der Waals surface area contributed by atoms with E-state index in [1.165, 1.54) is 12.1 Å². The van der Waals surface area contributed by atoms with E-state index in [9.17, 15) is 15.2 Å². The Kier molecular flexibility index (Phi) is 10.3. The van der Waals surface area contributed by atoms with Gasteiger partial charge in [0, 0.05) is 100 Å². The molecule has 2 rings (SSSR count). The third kappa shape index (κ3) is 6.53. The molecule has 5 nitrogen and oxygen atoms in total. The molecule has 1 N–H and O–H groups in total. The Morgan fingerprint density at radius 3 is 2.29 bits per heavy atom. The molecule has 0 fully saturated rings. The van der Waals surface area contributed by atoms with E-state index in [1.54, 1.807) is 37.3 Å². The average molecular weight is 711 g/mol. The molecular formula is C14H13Ac2N2O3-. The summed E-state index contributed by atoms with van der Waals surface area (Å²) >= 11 is 0. The molecule has 0 amide bonds. The monoisotopic (exact) mass is 711 g/mol. The fourth-order valence-corrected chi connectivity index (χ4v) is 1.64. The molecule has 2 aromatic carbocycles. The van der Waals surface area contributed by atoms with E-state index in [-0.39, 0.29) is 99.6 Å². The molecule has 0 saturated carbocycles. The van der Waals surface area contributed by atoms with E-state index in [1.807, 2.05) is 0 Å². The molecule has 2 aromatic rings. The van der Waals surface area contributed by atoms with Gasteiger partial charge in [0.15, 0.2) is 0 Å². The molecule has 0 aliphatic heterocycles. The number of nitro benzene ring substituents is 1. The molecule has 104 valence electrons. The van der Waals surface area contributed by atoms with Gasteiger partial charge in [-0.05, 0) is 18.6 Å². The molecule has 21 heavy (non-hydrogen) atoms. The zero-order chi connectivity index (χ0) is 13.8. The number of phenols is 1. The third-order valence-corrected chi connectivity index (χ3v) is 2.77. The number of benzene rings is 2. The van der Waals surface area contributed by atoms with Crippen molar-refractivity contribution < 1.29 is 98.2 Å². The van der Waals surface area contributed by atoms with Gasteiger partial charge in [-0.25, -0.2) is 0 Å². The van der Waals surface area contributed by atoms with Crippen molar-refractivity contribution in [2.24, 2.45) is 0 Å². The van der Waals surface area contributed by atoms with Crippen molar-refractivity contribution in [3.63, 3.8) is 0 Å². The Morgan fingerprint density at radius 1 is 1.14 bits per heavy atom. The van der Waals surface area contributed by atoms with E-state index in [0.29, 0.717) is 6.54 Å². The van der Waals surface area contributed by atoms with E-state index in [4.69, 9.17) is 0 Å². The Hall–Kier alpha value is 0.323. The fourth-order valence-electron chi connectivity index (χ4n) is 1.64. The molecule has 0 saturated heterocycles. The van der Waals surface area contributed by atoms with Crippen molar-refractivity contribution in [1.82, 2.24) is 0 Å². The number of phenolic OH excluding ortho intramolecular Hbond substituents is 1. The summed E-state index contributed by atoms with van der Waals surface area (Å²) in [5.41, 5.74) is 2.51. The van der Waals surface area contributed by atoms with Crippen LogP contribution in [-0.2, 0) is 6.54 Å². The Labute approximate surface area is 194 Å². The average Bonchev–Trinajstić information content (AvgIpc) is 2.40. The number of rotatable bonds is 4. The molecule has 0 unspecified atom stereocenters. The minimum atomic E-state index is -0.426. The standard InChI is InChI=1S/C14H13N2O3.2Ac/c1-10-8-12(4-7-14(10)17)15-9-11-2-5-13(6-3-11)16(18)19;;/h2-8,17H,9H2,1H3;;/q-1;;. The summed E-state index contributed by atoms with van der Waals surface area (Å²) in [5, 5.41) is 24.3. The van der Waals surface area contributed by atoms with Gasteiger partial charge in [0.25, 0.3) is 5.69 Å². The summed E-state index contributed by atoms with van der Waals surface area (Å²) in [4.78, 5) is 10.1. The van der Waals surface area contributed by atoms with Crippen molar-refractivity contribution in [3.05, 3.63) is 69.0 Å². The maximum Gasteiger partial charge on any atom is 0.269 e. The van der Waals surface area contributed by atoms with Gasteiger partial charge in [-0.2, -0.15) is 0 Å². The first-order valence-corrected chi connectivity index (χ1v) is 5.77. The number of nitrogens with zero attached hydrogens (tertiary/aromatic N) is 2. The second-order valence-electron chi connectivity index (χ2n) is 4.21. The summed E-state index contributed by atoms with van der Waals surface area (Å²) in [5.74, 6) is 0.245. The fraction of sp³-hybridized carbons (Fsp3) is 0.143. The van der Waals surface area contributed by atoms with Crippen LogP contribution in [0.25, 0.3) is 5.32 Å². The number of aryl methyl sites for hydroxylation is 1. The van der Waals surface area contributed by atoms with Crippen LogP contribution in [0, 0.1) is 105 Å². The zero-order valence-electron chi connectivity index (χ0n) is 11.6. The van der Waals surface area contributed by atoms with Crippen molar-refractivity contribution in [2.75, 3.05) is 0 Å². The molecule has 0 heterocycles. The van der Waals surface area contributed by atoms with Crippen LogP contribution in [0.15, 0.2) is 42.5 Å². The number of hydrogen-bond donors (Lipinski definition) is 1. The van der Waals surface area contributed by atoms with E-state index >= 15 is 0 Å². The van der Waals surface area contributed by atoms with Gasteiger partial charge in [-0.15, -0.1) is 12.2 Å². The maximum absolute atomic E-state index is 10.5. The van der Waals surface area contributed by atoms with Gasteiger partial charge >= 0.3 is 0 Å². The van der Waals surface area contributed by atoms with Gasteiger partial charge in [0.05, 0.1) is 4.92 Å². The summed E-state index contributed by atoms with van der Waals surface area (Å²) < 4.78 is 0. The predicted octanol–water partition coefficient (Wildman–Crippen LogP) is 3.81. The molecule has 0 aromatic heterocycles. The van der Waals surface area contributed by atoms with Crippen LogP contribution in [0.5, 0.6) is 5.75 Å². The van der Waals surface area contributed by atoms with Gasteiger partial charge in [-0.1, -0.05) is 29.8 Å². The van der Waals surface area contributed by atoms with Crippen molar-refractivity contribution in [3.8, 4) is 5.75 Å². The number of nitro groups is 1. The normalized spacial score (nSPS) is 9.19. The molecule has 0 bridgehead atoms. The zero-order valence-corrected chi connectivity index (χ0v) is 21.1. The quantitative estimate of drug-likeness (QED) is 0.388. The molecule has 0 atom stereocenters. The van der Waals surface area contributed by atoms with Crippen LogP contribution in [0.4, 0.5) is 11.4 Å². The SMILES string of the molecule is Cc1cc([N-]Cc2ccc([N+](=O)[O-])cc2)ccc1O.[Ac].[Ac]. The topological polar surface area (TPSA) is 77.5 Å². The molecule has 0 aliphatic carbocycles. The largest absolute Gasteiger partial charge is 0.681 e. The van der Waals surface area contributed by atoms with E-state index < -0.39 is 4.92 Å². The Bertz CT molecular complexity index is 604. The van der Waals surface area contributed by atoms with Crippen LogP contribution in [0.1, 0.15) is 11.1 Å². The maximum atomic E-state index is 10.5. The van der Waals surface area contributed by atoms with Crippen LogP contribution in [0.3, 0.4) is 0 Å². The van der Waals surface area contributed by atoms with Gasteiger partial charge in [-0.3, -0.25) is 10.1 Å². The Balaban J connectivity index is 0.00000200. The summed E-state index contributed by atoms with van der Waals surface area (Å²) in [6, 6.07) is 11.4. The van der Waals surface area contributed by atoms with E-state index in [0.717, 1.165) is 16.8 Å².